The summed E-state index contributed by atoms with van der Waals surface area (Å²) in [5, 5.41) is 0. The van der Waals surface area contributed by atoms with Crippen LogP contribution in [-0.2, 0) is 21.2 Å². The van der Waals surface area contributed by atoms with Gasteiger partial charge < -0.3 is 4.90 Å². The summed E-state index contributed by atoms with van der Waals surface area (Å²) in [5.74, 6) is -0.373. The van der Waals surface area contributed by atoms with Crippen LogP contribution in [0.3, 0.4) is 0 Å². The molecular formula is C17H26N2O3S. The molecule has 2 atom stereocenters. The zero-order chi connectivity index (χ0) is 17.0. The van der Waals surface area contributed by atoms with Gasteiger partial charge >= 0.3 is 0 Å². The first-order valence-electron chi connectivity index (χ1n) is 8.01. The van der Waals surface area contributed by atoms with Crippen LogP contribution in [0.5, 0.6) is 0 Å². The molecule has 6 heteroatoms. The van der Waals surface area contributed by atoms with Crippen LogP contribution in [0.25, 0.3) is 0 Å². The highest BCUT2D eigenvalue weighted by Gasteiger charge is 2.34. The lowest BCUT2D eigenvalue weighted by molar-refractivity contribution is -0.129. The minimum absolute atomic E-state index is 0.125. The molecule has 0 unspecified atom stereocenters. The van der Waals surface area contributed by atoms with Crippen LogP contribution >= 0.6 is 0 Å². The van der Waals surface area contributed by atoms with E-state index in [0.29, 0.717) is 5.92 Å². The third-order valence-electron chi connectivity index (χ3n) is 4.71. The lowest BCUT2D eigenvalue weighted by Gasteiger charge is -2.30. The molecular weight excluding hydrogens is 312 g/mol. The zero-order valence-corrected chi connectivity index (χ0v) is 14.9. The van der Waals surface area contributed by atoms with Gasteiger partial charge in [0.1, 0.15) is 5.75 Å². The first kappa shape index (κ1) is 17.9. The van der Waals surface area contributed by atoms with Crippen molar-refractivity contribution in [1.82, 2.24) is 9.21 Å². The maximum atomic E-state index is 12.4. The Morgan fingerprint density at radius 1 is 1.13 bits per heavy atom. The molecule has 1 aliphatic carbocycles. The summed E-state index contributed by atoms with van der Waals surface area (Å²) in [6.45, 7) is 0. The van der Waals surface area contributed by atoms with E-state index in [9.17, 15) is 13.2 Å². The van der Waals surface area contributed by atoms with Crippen LogP contribution in [-0.4, -0.2) is 56.5 Å². The fraction of sp³-hybridized carbons (Fsp3) is 0.588. The Labute approximate surface area is 139 Å². The van der Waals surface area contributed by atoms with Crippen LogP contribution in [0.1, 0.15) is 24.8 Å². The number of rotatable bonds is 6. The lowest BCUT2D eigenvalue weighted by atomic mass is 9.94. The van der Waals surface area contributed by atoms with E-state index >= 15 is 0 Å². The molecule has 0 saturated heterocycles. The van der Waals surface area contributed by atoms with Crippen molar-refractivity contribution in [2.24, 2.45) is 5.92 Å². The number of benzene rings is 1. The Morgan fingerprint density at radius 3 is 2.39 bits per heavy atom. The van der Waals surface area contributed by atoms with Crippen molar-refractivity contribution in [3.63, 3.8) is 0 Å². The van der Waals surface area contributed by atoms with E-state index in [4.69, 9.17) is 0 Å². The molecule has 0 aliphatic heterocycles. The molecule has 0 bridgehead atoms. The number of carbonyl (C=O) groups is 1. The standard InChI is InChI=1S/C17H26N2O3S/c1-18(2)23(21,22)13-17(20)19(3)16-11-7-10-15(16)12-14-8-5-4-6-9-14/h4-6,8-9,15-16H,7,10-13H2,1-3H3/t15-,16+/m0/s1. The molecule has 0 heterocycles. The minimum Gasteiger partial charge on any atom is -0.342 e. The molecule has 1 saturated carbocycles. The van der Waals surface area contributed by atoms with Crippen molar-refractivity contribution in [2.75, 3.05) is 26.9 Å². The number of sulfonamides is 1. The van der Waals surface area contributed by atoms with Gasteiger partial charge in [0.15, 0.2) is 0 Å². The third-order valence-corrected chi connectivity index (χ3v) is 6.44. The number of amides is 1. The number of hydrogen-bond donors (Lipinski definition) is 0. The quantitative estimate of drug-likeness (QED) is 0.794. The maximum absolute atomic E-state index is 12.4. The monoisotopic (exact) mass is 338 g/mol. The van der Waals surface area contributed by atoms with Crippen LogP contribution in [0.2, 0.25) is 0 Å². The summed E-state index contributed by atoms with van der Waals surface area (Å²) in [6.07, 6.45) is 4.04. The summed E-state index contributed by atoms with van der Waals surface area (Å²) in [4.78, 5) is 14.0. The highest BCUT2D eigenvalue weighted by Crippen LogP contribution is 2.32. The summed E-state index contributed by atoms with van der Waals surface area (Å²) in [5.41, 5.74) is 1.27. The Balaban J connectivity index is 2.02. The normalized spacial score (nSPS) is 21.6. The van der Waals surface area contributed by atoms with E-state index in [-0.39, 0.29) is 11.9 Å². The van der Waals surface area contributed by atoms with Crippen molar-refractivity contribution in [1.29, 1.82) is 0 Å². The molecule has 0 spiro atoms. The van der Waals surface area contributed by atoms with Gasteiger partial charge in [0.05, 0.1) is 0 Å². The van der Waals surface area contributed by atoms with Gasteiger partial charge in [-0.05, 0) is 30.7 Å². The van der Waals surface area contributed by atoms with Crippen LogP contribution in [0, 0.1) is 5.92 Å². The molecule has 0 radical (unpaired) electrons. The molecule has 1 aromatic carbocycles. The van der Waals surface area contributed by atoms with Gasteiger partial charge in [-0.2, -0.15) is 0 Å². The number of carbonyl (C=O) groups excluding carboxylic acids is 1. The fourth-order valence-corrected chi connectivity index (χ4v) is 4.03. The van der Waals surface area contributed by atoms with E-state index in [1.807, 2.05) is 18.2 Å². The minimum atomic E-state index is -3.51. The number of nitrogens with zero attached hydrogens (tertiary/aromatic N) is 2. The molecule has 0 N–H and O–H groups in total. The average Bonchev–Trinajstić information content (AvgIpc) is 2.95. The van der Waals surface area contributed by atoms with E-state index in [2.05, 4.69) is 12.1 Å². The van der Waals surface area contributed by atoms with E-state index in [1.165, 1.54) is 19.7 Å². The molecule has 23 heavy (non-hydrogen) atoms. The van der Waals surface area contributed by atoms with E-state index < -0.39 is 15.8 Å². The van der Waals surface area contributed by atoms with Crippen molar-refractivity contribution in [2.45, 2.75) is 31.7 Å². The second-order valence-corrected chi connectivity index (χ2v) is 8.67. The number of hydrogen-bond acceptors (Lipinski definition) is 3. The summed E-state index contributed by atoms with van der Waals surface area (Å²) in [7, 11) is 1.14. The molecule has 1 aromatic rings. The lowest BCUT2D eigenvalue weighted by Crippen LogP contribution is -2.44. The van der Waals surface area contributed by atoms with Gasteiger partial charge in [-0.15, -0.1) is 0 Å². The predicted octanol–water partition coefficient (Wildman–Crippen LogP) is 1.75. The topological polar surface area (TPSA) is 57.7 Å². The SMILES string of the molecule is CN(C(=O)CS(=O)(=O)N(C)C)[C@@H]1CCC[C@H]1Cc1ccccc1. The second kappa shape index (κ2) is 7.45. The van der Waals surface area contributed by atoms with Crippen molar-refractivity contribution in [3.05, 3.63) is 35.9 Å². The molecule has 2 rings (SSSR count). The van der Waals surface area contributed by atoms with Gasteiger partial charge in [-0.1, -0.05) is 36.8 Å². The van der Waals surface area contributed by atoms with E-state index in [0.717, 1.165) is 30.0 Å². The molecule has 5 nitrogen and oxygen atoms in total. The average molecular weight is 338 g/mol. The van der Waals surface area contributed by atoms with Crippen LogP contribution < -0.4 is 0 Å². The Bertz CT molecular complexity index is 628. The molecule has 1 fully saturated rings. The molecule has 1 amide bonds. The molecule has 0 aromatic heterocycles. The first-order chi connectivity index (χ1) is 10.8. The van der Waals surface area contributed by atoms with Gasteiger partial charge in [-0.25, -0.2) is 12.7 Å². The largest absolute Gasteiger partial charge is 0.342 e. The third kappa shape index (κ3) is 4.54. The smallest absolute Gasteiger partial charge is 0.239 e. The zero-order valence-electron chi connectivity index (χ0n) is 14.1. The Morgan fingerprint density at radius 2 is 1.78 bits per heavy atom. The van der Waals surface area contributed by atoms with Crippen molar-refractivity contribution >= 4 is 15.9 Å². The van der Waals surface area contributed by atoms with E-state index in [1.54, 1.807) is 11.9 Å². The molecule has 128 valence electrons. The first-order valence-corrected chi connectivity index (χ1v) is 9.62. The maximum Gasteiger partial charge on any atom is 0.239 e. The van der Waals surface area contributed by atoms with Gasteiger partial charge in [0.25, 0.3) is 0 Å². The van der Waals surface area contributed by atoms with Gasteiger partial charge in [-0.3, -0.25) is 4.79 Å². The highest BCUT2D eigenvalue weighted by atomic mass is 32.2. The van der Waals surface area contributed by atoms with Crippen molar-refractivity contribution < 1.29 is 13.2 Å². The van der Waals surface area contributed by atoms with Gasteiger partial charge in [0, 0.05) is 27.2 Å². The summed E-state index contributed by atoms with van der Waals surface area (Å²) < 4.78 is 24.9. The van der Waals surface area contributed by atoms with Crippen molar-refractivity contribution in [3.8, 4) is 0 Å². The molecule has 1 aliphatic rings. The summed E-state index contributed by atoms with van der Waals surface area (Å²) >= 11 is 0. The Hall–Kier alpha value is -1.40. The Kier molecular flexibility index (Phi) is 5.81. The van der Waals surface area contributed by atoms with Gasteiger partial charge in [0.2, 0.25) is 15.9 Å². The van der Waals surface area contributed by atoms with Crippen LogP contribution in [0.15, 0.2) is 30.3 Å². The predicted molar refractivity (Wildman–Crippen MR) is 91.5 cm³/mol. The summed E-state index contributed by atoms with van der Waals surface area (Å²) in [6, 6.07) is 10.4. The second-order valence-electron chi connectivity index (χ2n) is 6.49. The highest BCUT2D eigenvalue weighted by molar-refractivity contribution is 7.89. The fourth-order valence-electron chi connectivity index (χ4n) is 3.25. The van der Waals surface area contributed by atoms with Crippen LogP contribution in [0.4, 0.5) is 0 Å².